The second-order valence-corrected chi connectivity index (χ2v) is 9.04. The molecule has 1 N–H and O–H groups in total. The number of nitrogens with zero attached hydrogens (tertiary/aromatic N) is 4. The van der Waals surface area contributed by atoms with Crippen LogP contribution < -0.4 is 15.6 Å². The summed E-state index contributed by atoms with van der Waals surface area (Å²) in [5.74, 6) is 0.109. The molecule has 8 heteroatoms. The van der Waals surface area contributed by atoms with E-state index >= 15 is 0 Å². The maximum atomic E-state index is 14.2. The third kappa shape index (κ3) is 4.64. The van der Waals surface area contributed by atoms with Gasteiger partial charge in [-0.2, -0.15) is 0 Å². The van der Waals surface area contributed by atoms with Crippen LogP contribution in [0.5, 0.6) is 5.88 Å². The van der Waals surface area contributed by atoms with Crippen LogP contribution in [-0.4, -0.2) is 32.5 Å². The lowest BCUT2D eigenvalue weighted by atomic mass is 9.98. The number of para-hydroxylation sites is 1. The van der Waals surface area contributed by atoms with Crippen molar-refractivity contribution in [2.24, 2.45) is 0 Å². The molecule has 0 aliphatic rings. The molecule has 0 bridgehead atoms. The number of methoxy groups -OCH3 is 1. The van der Waals surface area contributed by atoms with Crippen molar-refractivity contribution in [1.82, 2.24) is 24.8 Å². The van der Waals surface area contributed by atoms with Gasteiger partial charge >= 0.3 is 0 Å². The molecule has 3 heterocycles. The van der Waals surface area contributed by atoms with E-state index in [-0.39, 0.29) is 17.2 Å². The average molecular weight is 506 g/mol. The Labute approximate surface area is 220 Å². The van der Waals surface area contributed by atoms with Gasteiger partial charge in [-0.25, -0.2) is 9.97 Å². The lowest BCUT2D eigenvalue weighted by Crippen LogP contribution is -2.33. The Balaban J connectivity index is 1.68. The zero-order valence-corrected chi connectivity index (χ0v) is 21.6. The van der Waals surface area contributed by atoms with Crippen molar-refractivity contribution in [3.05, 3.63) is 112 Å². The molecule has 0 unspecified atom stereocenters. The molecule has 1 atom stereocenters. The van der Waals surface area contributed by atoms with Crippen molar-refractivity contribution < 1.29 is 9.53 Å². The Morgan fingerprint density at radius 1 is 1.00 bits per heavy atom. The van der Waals surface area contributed by atoms with Gasteiger partial charge in [0.15, 0.2) is 0 Å². The lowest BCUT2D eigenvalue weighted by molar-refractivity contribution is 0.0932. The highest BCUT2D eigenvalue weighted by Gasteiger charge is 2.22. The number of fused-ring (bicyclic) bond motifs is 1. The Hall–Kier alpha value is -4.85. The molecule has 2 aromatic carbocycles. The van der Waals surface area contributed by atoms with Gasteiger partial charge in [-0.1, -0.05) is 36.4 Å². The Morgan fingerprint density at radius 2 is 1.79 bits per heavy atom. The average Bonchev–Trinajstić information content (AvgIpc) is 2.93. The van der Waals surface area contributed by atoms with E-state index < -0.39 is 6.04 Å². The molecule has 190 valence electrons. The predicted molar refractivity (Wildman–Crippen MR) is 147 cm³/mol. The third-order valence-corrected chi connectivity index (χ3v) is 6.42. The van der Waals surface area contributed by atoms with E-state index in [9.17, 15) is 9.59 Å². The molecule has 5 rings (SSSR count). The minimum Gasteiger partial charge on any atom is -0.481 e. The fraction of sp³-hybridized carbons (Fsp3) is 0.167. The SMILES string of the molecule is COc1cc(-c2cccc3cc([C@H](C)NC(=O)c4ncc(C)nc4C)n(-c4ccccc4)c(=O)c23)ccn1. The standard InChI is InChI=1S/C30H27N5O3/c1-18-17-32-28(20(3)33-18)29(36)34-19(2)25-15-22-9-8-12-24(21-13-14-31-26(16-21)38-4)27(22)30(37)35(25)23-10-6-5-7-11-23/h5-17,19H,1-4H3,(H,34,36)/t19-/m0/s1. The molecule has 0 fully saturated rings. The number of amides is 1. The molecule has 8 nitrogen and oxygen atoms in total. The van der Waals surface area contributed by atoms with Gasteiger partial charge in [-0.15, -0.1) is 0 Å². The highest BCUT2D eigenvalue weighted by molar-refractivity contribution is 5.97. The number of rotatable bonds is 6. The van der Waals surface area contributed by atoms with Gasteiger partial charge in [0, 0.05) is 29.8 Å². The van der Waals surface area contributed by atoms with Crippen LogP contribution in [-0.2, 0) is 0 Å². The number of carbonyl (C=O) groups is 1. The molecule has 0 aliphatic heterocycles. The van der Waals surface area contributed by atoms with Crippen LogP contribution in [0, 0.1) is 13.8 Å². The monoisotopic (exact) mass is 505 g/mol. The number of hydrogen-bond donors (Lipinski definition) is 1. The second-order valence-electron chi connectivity index (χ2n) is 9.04. The summed E-state index contributed by atoms with van der Waals surface area (Å²) in [5.41, 5.74) is 4.28. The van der Waals surface area contributed by atoms with Gasteiger partial charge in [-0.3, -0.25) is 19.1 Å². The summed E-state index contributed by atoms with van der Waals surface area (Å²) < 4.78 is 6.96. The van der Waals surface area contributed by atoms with Gasteiger partial charge in [0.05, 0.1) is 29.9 Å². The van der Waals surface area contributed by atoms with Crippen LogP contribution in [0.25, 0.3) is 27.6 Å². The molecule has 3 aromatic heterocycles. The summed E-state index contributed by atoms with van der Waals surface area (Å²) in [6.07, 6.45) is 3.22. The van der Waals surface area contributed by atoms with Crippen LogP contribution >= 0.6 is 0 Å². The quantitative estimate of drug-likeness (QED) is 0.350. The first kappa shape index (κ1) is 24.8. The van der Waals surface area contributed by atoms with E-state index in [1.807, 2.05) is 80.6 Å². The molecule has 0 spiro atoms. The Morgan fingerprint density at radius 3 is 2.53 bits per heavy atom. The molecular formula is C30H27N5O3. The first-order chi connectivity index (χ1) is 18.4. The number of aromatic nitrogens is 4. The maximum absolute atomic E-state index is 14.2. The molecule has 5 aromatic rings. The predicted octanol–water partition coefficient (Wildman–Crippen LogP) is 4.96. The number of aryl methyl sites for hydroxylation is 2. The summed E-state index contributed by atoms with van der Waals surface area (Å²) in [7, 11) is 1.56. The zero-order chi connectivity index (χ0) is 26.8. The number of hydrogen-bond acceptors (Lipinski definition) is 6. The van der Waals surface area contributed by atoms with Crippen molar-refractivity contribution in [1.29, 1.82) is 0 Å². The Bertz CT molecular complexity index is 1710. The van der Waals surface area contributed by atoms with Crippen molar-refractivity contribution in [3.63, 3.8) is 0 Å². The molecule has 0 saturated carbocycles. The van der Waals surface area contributed by atoms with E-state index in [4.69, 9.17) is 4.74 Å². The first-order valence-corrected chi connectivity index (χ1v) is 12.2. The van der Waals surface area contributed by atoms with E-state index in [1.165, 1.54) is 0 Å². The minimum atomic E-state index is -0.507. The number of carbonyl (C=O) groups excluding carboxylic acids is 1. The smallest absolute Gasteiger partial charge is 0.272 e. The largest absolute Gasteiger partial charge is 0.481 e. The van der Waals surface area contributed by atoms with Crippen LogP contribution in [0.2, 0.25) is 0 Å². The fourth-order valence-electron chi connectivity index (χ4n) is 4.63. The van der Waals surface area contributed by atoms with Crippen molar-refractivity contribution in [2.45, 2.75) is 26.8 Å². The topological polar surface area (TPSA) is 99.0 Å². The summed E-state index contributed by atoms with van der Waals surface area (Å²) in [6.45, 7) is 5.44. The minimum absolute atomic E-state index is 0.192. The fourth-order valence-corrected chi connectivity index (χ4v) is 4.63. The first-order valence-electron chi connectivity index (χ1n) is 12.2. The number of pyridine rings is 2. The van der Waals surface area contributed by atoms with Gasteiger partial charge in [0.25, 0.3) is 11.5 Å². The van der Waals surface area contributed by atoms with Crippen LogP contribution in [0.4, 0.5) is 0 Å². The van der Waals surface area contributed by atoms with Crippen molar-refractivity contribution in [2.75, 3.05) is 7.11 Å². The van der Waals surface area contributed by atoms with Crippen LogP contribution in [0.3, 0.4) is 0 Å². The highest BCUT2D eigenvalue weighted by Crippen LogP contribution is 2.30. The zero-order valence-electron chi connectivity index (χ0n) is 21.6. The van der Waals surface area contributed by atoms with E-state index in [0.29, 0.717) is 28.3 Å². The number of nitrogens with one attached hydrogen (secondary N) is 1. The van der Waals surface area contributed by atoms with Gasteiger partial charge < -0.3 is 10.1 Å². The highest BCUT2D eigenvalue weighted by atomic mass is 16.5. The summed E-state index contributed by atoms with van der Waals surface area (Å²) >= 11 is 0. The number of ether oxygens (including phenoxy) is 1. The van der Waals surface area contributed by atoms with Crippen LogP contribution in [0.1, 0.15) is 40.5 Å². The van der Waals surface area contributed by atoms with Gasteiger partial charge in [-0.05, 0) is 61.5 Å². The summed E-state index contributed by atoms with van der Waals surface area (Å²) in [4.78, 5) is 40.2. The van der Waals surface area contributed by atoms with E-state index in [2.05, 4.69) is 20.3 Å². The Kier molecular flexibility index (Phi) is 6.70. The molecule has 38 heavy (non-hydrogen) atoms. The van der Waals surface area contributed by atoms with E-state index in [0.717, 1.165) is 22.2 Å². The molecule has 0 saturated heterocycles. The molecule has 0 radical (unpaired) electrons. The molecule has 0 aliphatic carbocycles. The third-order valence-electron chi connectivity index (χ3n) is 6.42. The normalized spacial score (nSPS) is 11.8. The van der Waals surface area contributed by atoms with Crippen molar-refractivity contribution >= 4 is 16.7 Å². The molecule has 1 amide bonds. The number of benzene rings is 2. The van der Waals surface area contributed by atoms with Crippen molar-refractivity contribution in [3.8, 4) is 22.7 Å². The van der Waals surface area contributed by atoms with Gasteiger partial charge in [0.1, 0.15) is 5.69 Å². The lowest BCUT2D eigenvalue weighted by Gasteiger charge is -2.22. The van der Waals surface area contributed by atoms with Gasteiger partial charge in [0.2, 0.25) is 5.88 Å². The van der Waals surface area contributed by atoms with Crippen LogP contribution in [0.15, 0.2) is 83.9 Å². The maximum Gasteiger partial charge on any atom is 0.272 e. The van der Waals surface area contributed by atoms with E-state index in [1.54, 1.807) is 31.0 Å². The molecular weight excluding hydrogens is 478 g/mol. The second kappa shape index (κ2) is 10.3. The summed E-state index contributed by atoms with van der Waals surface area (Å²) in [5, 5.41) is 4.33. The summed E-state index contributed by atoms with van der Waals surface area (Å²) in [6, 6.07) is 20.2.